The molecule has 2 rings (SSSR count). The van der Waals surface area contributed by atoms with Crippen LogP contribution in [0, 0.1) is 0 Å². The van der Waals surface area contributed by atoms with Gasteiger partial charge in [-0.05, 0) is 23.6 Å². The summed E-state index contributed by atoms with van der Waals surface area (Å²) in [6, 6.07) is 7.57. The molecule has 0 spiro atoms. The van der Waals surface area contributed by atoms with E-state index in [0.717, 1.165) is 0 Å². The van der Waals surface area contributed by atoms with Gasteiger partial charge in [-0.1, -0.05) is 32.1 Å². The largest absolute Gasteiger partial charge is 0.451 e. The monoisotopic (exact) mass is 359 g/mol. The van der Waals surface area contributed by atoms with Crippen molar-refractivity contribution in [3.8, 4) is 0 Å². The van der Waals surface area contributed by atoms with Crippen LogP contribution in [-0.2, 0) is 9.53 Å². The van der Waals surface area contributed by atoms with Gasteiger partial charge in [0.25, 0.3) is 5.91 Å². The van der Waals surface area contributed by atoms with E-state index in [1.54, 1.807) is 11.5 Å². The van der Waals surface area contributed by atoms with E-state index in [1.165, 1.54) is 16.9 Å². The molecule has 2 aromatic rings. The first-order chi connectivity index (χ1) is 12.0. The fraction of sp³-hybridized carbons (Fsp3) is 0.278. The van der Waals surface area contributed by atoms with Crippen LogP contribution in [-0.4, -0.2) is 30.0 Å². The molecule has 0 saturated heterocycles. The second-order valence-electron chi connectivity index (χ2n) is 5.61. The van der Waals surface area contributed by atoms with Gasteiger partial charge in [0.1, 0.15) is 0 Å². The number of benzene rings is 1. The van der Waals surface area contributed by atoms with E-state index >= 15 is 0 Å². The lowest BCUT2D eigenvalue weighted by Crippen LogP contribution is -2.21. The summed E-state index contributed by atoms with van der Waals surface area (Å²) in [6.45, 7) is 7.99. The first-order valence-electron chi connectivity index (χ1n) is 7.87. The van der Waals surface area contributed by atoms with Gasteiger partial charge >= 0.3 is 5.97 Å². The number of carbonyl (C=O) groups is 2. The third kappa shape index (κ3) is 5.72. The van der Waals surface area contributed by atoms with Crippen molar-refractivity contribution < 1.29 is 14.3 Å². The van der Waals surface area contributed by atoms with Crippen LogP contribution in [0.2, 0.25) is 0 Å². The van der Waals surface area contributed by atoms with Crippen LogP contribution in [0.15, 0.2) is 42.3 Å². The number of thiazole rings is 1. The zero-order chi connectivity index (χ0) is 18.2. The maximum atomic E-state index is 11.9. The van der Waals surface area contributed by atoms with Crippen LogP contribution in [0.4, 0.5) is 10.8 Å². The lowest BCUT2D eigenvalue weighted by Gasteiger charge is -2.08. The molecule has 0 radical (unpaired) electrons. The Kier molecular flexibility index (Phi) is 6.71. The molecule has 2 N–H and O–H groups in total. The Bertz CT molecular complexity index is 738. The Morgan fingerprint density at radius 1 is 1.32 bits per heavy atom. The molecule has 0 atom stereocenters. The van der Waals surface area contributed by atoms with Crippen LogP contribution in [0.25, 0.3) is 0 Å². The molecule has 7 heteroatoms. The molecule has 1 aromatic heterocycles. The minimum atomic E-state index is -0.631. The molecular weight excluding hydrogens is 338 g/mol. The van der Waals surface area contributed by atoms with Crippen molar-refractivity contribution in [1.82, 2.24) is 4.98 Å². The first-order valence-corrected chi connectivity index (χ1v) is 8.74. The van der Waals surface area contributed by atoms with Gasteiger partial charge in [0.15, 0.2) is 17.4 Å². The second kappa shape index (κ2) is 8.98. The molecule has 6 nitrogen and oxygen atoms in total. The van der Waals surface area contributed by atoms with Gasteiger partial charge in [-0.15, -0.1) is 17.9 Å². The predicted octanol–water partition coefficient (Wildman–Crippen LogP) is 3.66. The number of carbonyl (C=O) groups excluding carboxylic acids is 2. The molecule has 0 bridgehead atoms. The molecule has 0 aliphatic heterocycles. The van der Waals surface area contributed by atoms with Crippen molar-refractivity contribution >= 4 is 34.0 Å². The fourth-order valence-electron chi connectivity index (χ4n) is 1.96. The van der Waals surface area contributed by atoms with Gasteiger partial charge in [0.05, 0.1) is 0 Å². The maximum Gasteiger partial charge on any atom is 0.358 e. The Balaban J connectivity index is 1.81. The van der Waals surface area contributed by atoms with E-state index in [4.69, 9.17) is 4.74 Å². The van der Waals surface area contributed by atoms with Crippen molar-refractivity contribution in [1.29, 1.82) is 0 Å². The molecule has 0 fully saturated rings. The Labute approximate surface area is 150 Å². The SMILES string of the molecule is C=CCNc1nc(C(=O)OCC(=O)Nc2ccc(C(C)C)cc2)cs1. The average Bonchev–Trinajstić information content (AvgIpc) is 3.07. The number of hydrogen-bond acceptors (Lipinski definition) is 6. The van der Waals surface area contributed by atoms with Gasteiger partial charge in [-0.25, -0.2) is 9.78 Å². The standard InChI is InChI=1S/C18H21N3O3S/c1-4-9-19-18-21-15(11-25-18)17(23)24-10-16(22)20-14-7-5-13(6-8-14)12(2)3/h4-8,11-12H,1,9-10H2,2-3H3,(H,19,21)(H,20,22). The minimum Gasteiger partial charge on any atom is -0.451 e. The van der Waals surface area contributed by atoms with Crippen molar-refractivity contribution in [2.24, 2.45) is 0 Å². The van der Waals surface area contributed by atoms with Crippen molar-refractivity contribution in [2.75, 3.05) is 23.8 Å². The van der Waals surface area contributed by atoms with E-state index < -0.39 is 11.9 Å². The summed E-state index contributed by atoms with van der Waals surface area (Å²) in [4.78, 5) is 27.9. The van der Waals surface area contributed by atoms with E-state index in [2.05, 4.69) is 36.0 Å². The number of anilines is 2. The molecular formula is C18H21N3O3S. The smallest absolute Gasteiger partial charge is 0.358 e. The lowest BCUT2D eigenvalue weighted by molar-refractivity contribution is -0.119. The zero-order valence-corrected chi connectivity index (χ0v) is 15.1. The Morgan fingerprint density at radius 2 is 2.04 bits per heavy atom. The number of aromatic nitrogens is 1. The third-order valence-electron chi connectivity index (χ3n) is 3.31. The summed E-state index contributed by atoms with van der Waals surface area (Å²) >= 11 is 1.29. The number of rotatable bonds is 8. The molecule has 1 aromatic carbocycles. The average molecular weight is 359 g/mol. The summed E-state index contributed by atoms with van der Waals surface area (Å²) in [7, 11) is 0. The third-order valence-corrected chi connectivity index (χ3v) is 4.11. The molecule has 25 heavy (non-hydrogen) atoms. The van der Waals surface area contributed by atoms with Crippen molar-refractivity contribution in [2.45, 2.75) is 19.8 Å². The quantitative estimate of drug-likeness (QED) is 0.555. The number of hydrogen-bond donors (Lipinski definition) is 2. The van der Waals surface area contributed by atoms with Crippen molar-refractivity contribution in [3.05, 3.63) is 53.6 Å². The van der Waals surface area contributed by atoms with E-state index in [1.807, 2.05) is 24.3 Å². The highest BCUT2D eigenvalue weighted by molar-refractivity contribution is 7.13. The molecule has 0 aliphatic carbocycles. The Hall–Kier alpha value is -2.67. The van der Waals surface area contributed by atoms with Crippen LogP contribution >= 0.6 is 11.3 Å². The summed E-state index contributed by atoms with van der Waals surface area (Å²) < 4.78 is 4.99. The van der Waals surface area contributed by atoms with Crippen LogP contribution in [0.3, 0.4) is 0 Å². The molecule has 0 unspecified atom stereocenters. The summed E-state index contributed by atoms with van der Waals surface area (Å²) in [5, 5.41) is 7.85. The normalized spacial score (nSPS) is 10.4. The number of nitrogens with zero attached hydrogens (tertiary/aromatic N) is 1. The maximum absolute atomic E-state index is 11.9. The van der Waals surface area contributed by atoms with Crippen LogP contribution < -0.4 is 10.6 Å². The predicted molar refractivity (Wildman–Crippen MR) is 100 cm³/mol. The fourth-order valence-corrected chi connectivity index (χ4v) is 2.65. The molecule has 0 saturated carbocycles. The number of esters is 1. The highest BCUT2D eigenvalue weighted by Crippen LogP contribution is 2.17. The summed E-state index contributed by atoms with van der Waals surface area (Å²) in [6.07, 6.45) is 1.69. The van der Waals surface area contributed by atoms with Crippen LogP contribution in [0.5, 0.6) is 0 Å². The van der Waals surface area contributed by atoms with Gasteiger partial charge in [0.2, 0.25) is 0 Å². The minimum absolute atomic E-state index is 0.172. The summed E-state index contributed by atoms with van der Waals surface area (Å²) in [5.74, 6) is -0.603. The molecule has 1 amide bonds. The van der Waals surface area contributed by atoms with E-state index in [-0.39, 0.29) is 12.3 Å². The van der Waals surface area contributed by atoms with E-state index in [0.29, 0.717) is 23.3 Å². The van der Waals surface area contributed by atoms with Crippen molar-refractivity contribution in [3.63, 3.8) is 0 Å². The molecule has 132 valence electrons. The second-order valence-corrected chi connectivity index (χ2v) is 6.47. The molecule has 0 aliphatic rings. The topological polar surface area (TPSA) is 80.3 Å². The lowest BCUT2D eigenvalue weighted by atomic mass is 10.0. The zero-order valence-electron chi connectivity index (χ0n) is 14.2. The first kappa shape index (κ1) is 18.7. The van der Waals surface area contributed by atoms with Gasteiger partial charge in [-0.3, -0.25) is 4.79 Å². The van der Waals surface area contributed by atoms with E-state index in [9.17, 15) is 9.59 Å². The highest BCUT2D eigenvalue weighted by Gasteiger charge is 2.14. The Morgan fingerprint density at radius 3 is 2.68 bits per heavy atom. The highest BCUT2D eigenvalue weighted by atomic mass is 32.1. The van der Waals surface area contributed by atoms with Crippen LogP contribution in [0.1, 0.15) is 35.8 Å². The van der Waals surface area contributed by atoms with Gasteiger partial charge in [-0.2, -0.15) is 0 Å². The molecule has 1 heterocycles. The summed E-state index contributed by atoms with van der Waals surface area (Å²) in [5.41, 5.74) is 2.02. The number of nitrogens with one attached hydrogen (secondary N) is 2. The van der Waals surface area contributed by atoms with Gasteiger partial charge < -0.3 is 15.4 Å². The van der Waals surface area contributed by atoms with Gasteiger partial charge in [0, 0.05) is 17.6 Å². The number of ether oxygens (including phenoxy) is 1. The number of amides is 1.